The number of piperidine rings is 1. The molecule has 5 nitrogen and oxygen atoms in total. The molecule has 2 rings (SSSR count). The zero-order chi connectivity index (χ0) is 14.8. The van der Waals surface area contributed by atoms with Gasteiger partial charge in [-0.1, -0.05) is 12.1 Å². The average molecular weight is 294 g/mol. The van der Waals surface area contributed by atoms with Crippen LogP contribution in [-0.4, -0.2) is 36.2 Å². The van der Waals surface area contributed by atoms with E-state index in [4.69, 9.17) is 5.26 Å². The molecule has 1 atom stereocenters. The van der Waals surface area contributed by atoms with Crippen LogP contribution < -0.4 is 0 Å². The third-order valence-electron chi connectivity index (χ3n) is 3.81. The first-order valence-corrected chi connectivity index (χ1v) is 8.13. The summed E-state index contributed by atoms with van der Waals surface area (Å²) >= 11 is 0. The molecule has 0 radical (unpaired) electrons. The minimum absolute atomic E-state index is 0.233. The largest absolute Gasteiger partial charge is 0.508 e. The van der Waals surface area contributed by atoms with Crippen molar-refractivity contribution >= 4 is 10.0 Å². The fourth-order valence-corrected chi connectivity index (χ4v) is 3.78. The van der Waals surface area contributed by atoms with Crippen molar-refractivity contribution in [1.29, 1.82) is 5.26 Å². The topological polar surface area (TPSA) is 81.4 Å². The Bertz CT molecular complexity index is 596. The van der Waals surface area contributed by atoms with Gasteiger partial charge in [0.15, 0.2) is 5.25 Å². The number of rotatable bonds is 3. The summed E-state index contributed by atoms with van der Waals surface area (Å²) in [4.78, 5) is 0. The van der Waals surface area contributed by atoms with Gasteiger partial charge in [0, 0.05) is 13.1 Å². The second kappa shape index (κ2) is 5.81. The highest BCUT2D eigenvalue weighted by atomic mass is 32.2. The van der Waals surface area contributed by atoms with Crippen LogP contribution in [0.5, 0.6) is 5.75 Å². The first-order valence-electron chi connectivity index (χ1n) is 6.62. The smallest absolute Gasteiger partial charge is 0.230 e. The minimum atomic E-state index is -3.49. The Morgan fingerprint density at radius 1 is 1.30 bits per heavy atom. The number of phenolic OH excluding ortho intramolecular Hbond substituents is 1. The summed E-state index contributed by atoms with van der Waals surface area (Å²) in [6.45, 7) is 2.31. The third-order valence-corrected chi connectivity index (χ3v) is 5.89. The van der Waals surface area contributed by atoms with Gasteiger partial charge in [-0.25, -0.2) is 12.7 Å². The number of benzene rings is 1. The highest BCUT2D eigenvalue weighted by molar-refractivity contribution is 7.89. The molecule has 1 aromatic carbocycles. The van der Waals surface area contributed by atoms with Crippen molar-refractivity contribution in [2.45, 2.75) is 30.9 Å². The van der Waals surface area contributed by atoms with Gasteiger partial charge in [0.1, 0.15) is 5.75 Å². The zero-order valence-electron chi connectivity index (χ0n) is 11.4. The van der Waals surface area contributed by atoms with Gasteiger partial charge in [0.05, 0.1) is 6.07 Å². The molecule has 1 saturated heterocycles. The van der Waals surface area contributed by atoms with Crippen molar-refractivity contribution in [3.63, 3.8) is 0 Å². The van der Waals surface area contributed by atoms with Crippen molar-refractivity contribution in [1.82, 2.24) is 4.31 Å². The molecule has 0 spiro atoms. The lowest BCUT2D eigenvalue weighted by molar-refractivity contribution is 0.318. The van der Waals surface area contributed by atoms with Crippen LogP contribution in [0.3, 0.4) is 0 Å². The van der Waals surface area contributed by atoms with E-state index in [2.05, 4.69) is 0 Å². The molecule has 1 N–H and O–H groups in total. The predicted octanol–water partition coefficient (Wildman–Crippen LogP) is 1.81. The van der Waals surface area contributed by atoms with Crippen LogP contribution in [0.25, 0.3) is 0 Å². The number of sulfonamides is 1. The lowest BCUT2D eigenvalue weighted by atomic mass is 9.90. The monoisotopic (exact) mass is 294 g/mol. The van der Waals surface area contributed by atoms with Crippen molar-refractivity contribution in [3.05, 3.63) is 29.8 Å². The molecule has 1 heterocycles. The molecule has 1 unspecified atom stereocenters. The Labute approximate surface area is 119 Å². The highest BCUT2D eigenvalue weighted by Gasteiger charge is 2.32. The molecule has 0 aromatic heterocycles. The van der Waals surface area contributed by atoms with E-state index in [1.54, 1.807) is 18.2 Å². The van der Waals surface area contributed by atoms with Gasteiger partial charge in [-0.15, -0.1) is 0 Å². The molecule has 0 aliphatic carbocycles. The van der Waals surface area contributed by atoms with Crippen LogP contribution in [0.4, 0.5) is 0 Å². The van der Waals surface area contributed by atoms with Gasteiger partial charge >= 0.3 is 0 Å². The summed E-state index contributed by atoms with van der Waals surface area (Å²) < 4.78 is 25.6. The van der Waals surface area contributed by atoms with E-state index in [1.165, 1.54) is 11.2 Å². The molecular formula is C14H18N2O3S. The Morgan fingerprint density at radius 3 is 2.35 bits per heavy atom. The van der Waals surface area contributed by atoms with Crippen LogP contribution in [-0.2, 0) is 10.0 Å². The zero-order valence-corrected chi connectivity index (χ0v) is 12.2. The van der Waals surface area contributed by atoms with Crippen molar-refractivity contribution in [2.75, 3.05) is 13.1 Å². The van der Waals surface area contributed by atoms with Crippen LogP contribution in [0.2, 0.25) is 0 Å². The van der Waals surface area contributed by atoms with Gasteiger partial charge in [-0.05, 0) is 43.4 Å². The standard InChI is InChI=1S/C14H18N2O3S/c1-11(10-15)20(18,19)16-8-6-13(7-9-16)12-2-4-14(17)5-3-12/h2-5,11,13,17H,6-9H2,1H3. The summed E-state index contributed by atoms with van der Waals surface area (Å²) in [5.41, 5.74) is 1.12. The number of nitriles is 1. The number of phenols is 1. The van der Waals surface area contributed by atoms with Crippen LogP contribution in [0.15, 0.2) is 24.3 Å². The molecule has 0 saturated carbocycles. The second-order valence-electron chi connectivity index (χ2n) is 5.08. The van der Waals surface area contributed by atoms with Crippen molar-refractivity contribution in [2.24, 2.45) is 0 Å². The lowest BCUT2D eigenvalue weighted by Gasteiger charge is -2.32. The summed E-state index contributed by atoms with van der Waals surface area (Å²) in [6.07, 6.45) is 1.48. The number of nitrogens with zero attached hydrogens (tertiary/aromatic N) is 2. The summed E-state index contributed by atoms with van der Waals surface area (Å²) in [5.74, 6) is 0.538. The maximum atomic E-state index is 12.1. The van der Waals surface area contributed by atoms with Crippen LogP contribution in [0, 0.1) is 11.3 Å². The second-order valence-corrected chi connectivity index (χ2v) is 7.33. The molecule has 108 valence electrons. The first-order chi connectivity index (χ1) is 9.45. The van der Waals surface area contributed by atoms with Gasteiger partial charge in [0.2, 0.25) is 10.0 Å². The van der Waals surface area contributed by atoms with Crippen LogP contribution in [0.1, 0.15) is 31.2 Å². The Morgan fingerprint density at radius 2 is 1.85 bits per heavy atom. The molecule has 1 aromatic rings. The Balaban J connectivity index is 2.03. The fourth-order valence-electron chi connectivity index (χ4n) is 2.48. The molecule has 20 heavy (non-hydrogen) atoms. The number of aromatic hydroxyl groups is 1. The molecule has 0 bridgehead atoms. The number of hydrogen-bond donors (Lipinski definition) is 1. The SMILES string of the molecule is CC(C#N)S(=O)(=O)N1CCC(c2ccc(O)cc2)CC1. The van der Waals surface area contributed by atoms with Crippen LogP contribution >= 0.6 is 0 Å². The van der Waals surface area contributed by atoms with Gasteiger partial charge in [0.25, 0.3) is 0 Å². The quantitative estimate of drug-likeness (QED) is 0.922. The van der Waals surface area contributed by atoms with Gasteiger partial charge in [-0.3, -0.25) is 0 Å². The van der Waals surface area contributed by atoms with E-state index < -0.39 is 15.3 Å². The molecule has 0 amide bonds. The Kier molecular flexibility index (Phi) is 4.31. The fraction of sp³-hybridized carbons (Fsp3) is 0.500. The van der Waals surface area contributed by atoms with E-state index in [0.717, 1.165) is 18.4 Å². The van der Waals surface area contributed by atoms with E-state index >= 15 is 0 Å². The molecule has 1 fully saturated rings. The average Bonchev–Trinajstić information content (AvgIpc) is 2.47. The molecule has 1 aliphatic rings. The molecular weight excluding hydrogens is 276 g/mol. The van der Waals surface area contributed by atoms with E-state index in [-0.39, 0.29) is 5.75 Å². The van der Waals surface area contributed by atoms with Crippen molar-refractivity contribution in [3.8, 4) is 11.8 Å². The summed E-state index contributed by atoms with van der Waals surface area (Å²) in [6, 6.07) is 8.85. The van der Waals surface area contributed by atoms with E-state index in [0.29, 0.717) is 19.0 Å². The minimum Gasteiger partial charge on any atom is -0.508 e. The highest BCUT2D eigenvalue weighted by Crippen LogP contribution is 2.30. The summed E-state index contributed by atoms with van der Waals surface area (Å²) in [5, 5.41) is 17.1. The lowest BCUT2D eigenvalue weighted by Crippen LogP contribution is -2.41. The van der Waals surface area contributed by atoms with E-state index in [1.807, 2.05) is 12.1 Å². The summed E-state index contributed by atoms with van der Waals surface area (Å²) in [7, 11) is -3.49. The first kappa shape index (κ1) is 14.8. The normalized spacial score (nSPS) is 19.4. The van der Waals surface area contributed by atoms with Gasteiger partial charge in [-0.2, -0.15) is 5.26 Å². The van der Waals surface area contributed by atoms with E-state index in [9.17, 15) is 13.5 Å². The molecule has 6 heteroatoms. The Hall–Kier alpha value is -1.58. The number of hydrogen-bond acceptors (Lipinski definition) is 4. The van der Waals surface area contributed by atoms with Crippen molar-refractivity contribution < 1.29 is 13.5 Å². The predicted molar refractivity (Wildman–Crippen MR) is 75.6 cm³/mol. The third kappa shape index (κ3) is 2.94. The maximum absolute atomic E-state index is 12.1. The molecule has 1 aliphatic heterocycles. The van der Waals surface area contributed by atoms with Gasteiger partial charge < -0.3 is 5.11 Å². The maximum Gasteiger partial charge on any atom is 0.230 e.